The first-order valence-electron chi connectivity index (χ1n) is 7.10. The van der Waals surface area contributed by atoms with Gasteiger partial charge in [-0.3, -0.25) is 4.79 Å². The molecule has 0 aliphatic rings. The Morgan fingerprint density at radius 2 is 2.05 bits per heavy atom. The van der Waals surface area contributed by atoms with E-state index in [1.54, 1.807) is 6.07 Å². The van der Waals surface area contributed by atoms with Crippen LogP contribution in [-0.2, 0) is 16.6 Å². The van der Waals surface area contributed by atoms with Gasteiger partial charge in [-0.15, -0.1) is 0 Å². The molecule has 1 rings (SSSR count). The first-order valence-corrected chi connectivity index (χ1v) is 7.10. The maximum atomic E-state index is 11.5. The van der Waals surface area contributed by atoms with E-state index in [-0.39, 0.29) is 17.4 Å². The molecule has 1 aromatic carbocycles. The summed E-state index contributed by atoms with van der Waals surface area (Å²) in [5, 5.41) is 13.1. The van der Waals surface area contributed by atoms with E-state index in [0.29, 0.717) is 12.2 Å². The van der Waals surface area contributed by atoms with E-state index in [0.717, 1.165) is 24.1 Å². The van der Waals surface area contributed by atoms with Crippen molar-refractivity contribution in [3.8, 4) is 5.75 Å². The smallest absolute Gasteiger partial charge is 0.234 e. The fourth-order valence-corrected chi connectivity index (χ4v) is 2.14. The lowest BCUT2D eigenvalue weighted by Crippen LogP contribution is -2.43. The van der Waals surface area contributed by atoms with Crippen molar-refractivity contribution < 1.29 is 9.90 Å². The molecule has 0 radical (unpaired) electrons. The molecule has 20 heavy (non-hydrogen) atoms. The van der Waals surface area contributed by atoms with Gasteiger partial charge in [0.05, 0.1) is 6.04 Å². The lowest BCUT2D eigenvalue weighted by atomic mass is 9.85. The zero-order valence-corrected chi connectivity index (χ0v) is 12.9. The zero-order chi connectivity index (χ0) is 15.3. The molecular weight excluding hydrogens is 252 g/mol. The van der Waals surface area contributed by atoms with E-state index >= 15 is 0 Å². The molecule has 0 aliphatic carbocycles. The normalized spacial score (nSPS) is 13.2. The lowest BCUT2D eigenvalue weighted by molar-refractivity contribution is -0.120. The predicted molar refractivity (Wildman–Crippen MR) is 81.8 cm³/mol. The number of hydrogen-bond acceptors (Lipinski definition) is 3. The number of nitrogens with one attached hydrogen (secondary N) is 1. The van der Waals surface area contributed by atoms with E-state index in [2.05, 4.69) is 5.32 Å². The molecule has 0 aliphatic heterocycles. The molecule has 4 nitrogen and oxygen atoms in total. The van der Waals surface area contributed by atoms with E-state index in [4.69, 9.17) is 5.73 Å². The van der Waals surface area contributed by atoms with Crippen molar-refractivity contribution in [1.29, 1.82) is 0 Å². The number of carbonyl (C=O) groups is 1. The van der Waals surface area contributed by atoms with Gasteiger partial charge in [-0.2, -0.15) is 0 Å². The number of aromatic hydroxyl groups is 1. The summed E-state index contributed by atoms with van der Waals surface area (Å²) in [5.74, 6) is -0.0535. The summed E-state index contributed by atoms with van der Waals surface area (Å²) in [6.07, 6.45) is 1.49. The van der Waals surface area contributed by atoms with Crippen molar-refractivity contribution in [1.82, 2.24) is 5.32 Å². The standard InChI is InChI=1S/C16H26N2O2/c1-5-8-18-13(15(17)20)10-11-6-7-14(19)12(9-11)16(2,3)4/h6-7,9,13,18-19H,5,8,10H2,1-4H3,(H2,17,20)/t13-/m0/s1. The van der Waals surface area contributed by atoms with Gasteiger partial charge >= 0.3 is 0 Å². The highest BCUT2D eigenvalue weighted by Crippen LogP contribution is 2.31. The minimum Gasteiger partial charge on any atom is -0.508 e. The summed E-state index contributed by atoms with van der Waals surface area (Å²) in [6.45, 7) is 8.95. The van der Waals surface area contributed by atoms with Crippen molar-refractivity contribution in [2.45, 2.75) is 52.0 Å². The molecule has 1 aromatic rings. The van der Waals surface area contributed by atoms with Gasteiger partial charge in [0, 0.05) is 0 Å². The molecule has 1 amide bonds. The molecule has 0 bridgehead atoms. The Labute approximate surface area is 121 Å². The van der Waals surface area contributed by atoms with Crippen LogP contribution in [0, 0.1) is 0 Å². The highest BCUT2D eigenvalue weighted by molar-refractivity contribution is 5.80. The summed E-state index contributed by atoms with van der Waals surface area (Å²) in [4.78, 5) is 11.5. The Kier molecular flexibility index (Phi) is 5.57. The highest BCUT2D eigenvalue weighted by Gasteiger charge is 2.20. The van der Waals surface area contributed by atoms with Crippen LogP contribution < -0.4 is 11.1 Å². The van der Waals surface area contributed by atoms with Crippen molar-refractivity contribution in [2.24, 2.45) is 5.73 Å². The monoisotopic (exact) mass is 278 g/mol. The maximum Gasteiger partial charge on any atom is 0.234 e. The number of phenols is 1. The number of phenolic OH excluding ortho intramolecular Hbond substituents is 1. The minimum absolute atomic E-state index is 0.140. The molecule has 0 spiro atoms. The molecule has 0 heterocycles. The van der Waals surface area contributed by atoms with Crippen LogP contribution in [0.3, 0.4) is 0 Å². The lowest BCUT2D eigenvalue weighted by Gasteiger charge is -2.22. The number of hydrogen-bond donors (Lipinski definition) is 3. The summed E-state index contributed by atoms with van der Waals surface area (Å²) in [5.41, 5.74) is 7.17. The molecule has 0 fully saturated rings. The first-order chi connectivity index (χ1) is 9.25. The van der Waals surface area contributed by atoms with Crippen LogP contribution in [0.15, 0.2) is 18.2 Å². The average molecular weight is 278 g/mol. The molecule has 0 unspecified atom stereocenters. The summed E-state index contributed by atoms with van der Waals surface area (Å²) in [7, 11) is 0. The largest absolute Gasteiger partial charge is 0.508 e. The summed E-state index contributed by atoms with van der Waals surface area (Å²) in [6, 6.07) is 5.12. The van der Waals surface area contributed by atoms with Gasteiger partial charge < -0.3 is 16.2 Å². The van der Waals surface area contributed by atoms with Crippen molar-refractivity contribution in [2.75, 3.05) is 6.54 Å². The fourth-order valence-electron chi connectivity index (χ4n) is 2.14. The molecule has 0 saturated carbocycles. The molecule has 1 atom stereocenters. The maximum absolute atomic E-state index is 11.5. The van der Waals surface area contributed by atoms with Gasteiger partial charge in [0.15, 0.2) is 0 Å². The third kappa shape index (κ3) is 4.53. The van der Waals surface area contributed by atoms with Crippen LogP contribution in [0.25, 0.3) is 0 Å². The number of rotatable bonds is 6. The molecule has 112 valence electrons. The fraction of sp³-hybridized carbons (Fsp3) is 0.562. The second kappa shape index (κ2) is 6.75. The van der Waals surface area contributed by atoms with E-state index in [9.17, 15) is 9.90 Å². The van der Waals surface area contributed by atoms with Crippen molar-refractivity contribution >= 4 is 5.91 Å². The van der Waals surface area contributed by atoms with Gasteiger partial charge in [0.25, 0.3) is 0 Å². The Morgan fingerprint density at radius 1 is 1.40 bits per heavy atom. The quantitative estimate of drug-likeness (QED) is 0.746. The number of primary amides is 1. The van der Waals surface area contributed by atoms with Crippen LogP contribution in [0.1, 0.15) is 45.2 Å². The highest BCUT2D eigenvalue weighted by atomic mass is 16.3. The van der Waals surface area contributed by atoms with E-state index in [1.165, 1.54) is 0 Å². The minimum atomic E-state index is -0.368. The van der Waals surface area contributed by atoms with E-state index in [1.807, 2.05) is 39.8 Å². The Morgan fingerprint density at radius 3 is 2.55 bits per heavy atom. The van der Waals surface area contributed by atoms with Gasteiger partial charge in [-0.05, 0) is 42.0 Å². The van der Waals surface area contributed by atoms with Crippen LogP contribution in [-0.4, -0.2) is 23.6 Å². The third-order valence-corrected chi connectivity index (χ3v) is 3.29. The Balaban J connectivity index is 2.94. The number of nitrogens with two attached hydrogens (primary N) is 1. The number of benzene rings is 1. The molecule has 4 heteroatoms. The average Bonchev–Trinajstić information content (AvgIpc) is 2.34. The second-order valence-corrected chi connectivity index (χ2v) is 6.21. The predicted octanol–water partition coefficient (Wildman–Crippen LogP) is 2.09. The second-order valence-electron chi connectivity index (χ2n) is 6.21. The zero-order valence-electron chi connectivity index (χ0n) is 12.9. The third-order valence-electron chi connectivity index (χ3n) is 3.29. The first kappa shape index (κ1) is 16.5. The van der Waals surface area contributed by atoms with E-state index < -0.39 is 0 Å². The Bertz CT molecular complexity index is 464. The molecular formula is C16H26N2O2. The Hall–Kier alpha value is -1.55. The summed E-state index contributed by atoms with van der Waals surface area (Å²) >= 11 is 0. The van der Waals surface area contributed by atoms with Gasteiger partial charge in [0.1, 0.15) is 5.75 Å². The topological polar surface area (TPSA) is 75.3 Å². The molecule has 0 saturated heterocycles. The van der Waals surface area contributed by atoms with Crippen LogP contribution in [0.2, 0.25) is 0 Å². The van der Waals surface area contributed by atoms with Crippen LogP contribution in [0.4, 0.5) is 0 Å². The van der Waals surface area contributed by atoms with Gasteiger partial charge in [0.2, 0.25) is 5.91 Å². The van der Waals surface area contributed by atoms with Crippen molar-refractivity contribution in [3.05, 3.63) is 29.3 Å². The number of amides is 1. The molecule has 4 N–H and O–H groups in total. The van der Waals surface area contributed by atoms with Gasteiger partial charge in [-0.25, -0.2) is 0 Å². The SMILES string of the molecule is CCCN[C@@H](Cc1ccc(O)c(C(C)(C)C)c1)C(N)=O. The van der Waals surface area contributed by atoms with Gasteiger partial charge in [-0.1, -0.05) is 39.8 Å². The summed E-state index contributed by atoms with van der Waals surface area (Å²) < 4.78 is 0. The van der Waals surface area contributed by atoms with Crippen LogP contribution in [0.5, 0.6) is 5.75 Å². The van der Waals surface area contributed by atoms with Crippen molar-refractivity contribution in [3.63, 3.8) is 0 Å². The van der Waals surface area contributed by atoms with Crippen LogP contribution >= 0.6 is 0 Å². The molecule has 0 aromatic heterocycles. The number of carbonyl (C=O) groups excluding carboxylic acids is 1.